The van der Waals surface area contributed by atoms with E-state index in [0.29, 0.717) is 49.2 Å². The number of nitrogen functional groups attached to an aromatic ring is 1. The number of hydrogen-bond acceptors (Lipinski definition) is 7. The number of aliphatic hydroxyl groups excluding tert-OH is 1. The molecule has 8 nitrogen and oxygen atoms in total. The Morgan fingerprint density at radius 3 is 2.24 bits per heavy atom. The summed E-state index contributed by atoms with van der Waals surface area (Å²) >= 11 is 1.75. The minimum Gasteiger partial charge on any atom is -0.397 e. The number of nitrogens with one attached hydrogen (secondary N) is 2. The highest BCUT2D eigenvalue weighted by Gasteiger charge is 2.32. The van der Waals surface area contributed by atoms with E-state index in [4.69, 9.17) is 15.2 Å². The number of anilines is 3. The predicted octanol–water partition coefficient (Wildman–Crippen LogP) is 7.24. The minimum absolute atomic E-state index is 0.00839. The predicted molar refractivity (Wildman–Crippen MR) is 179 cm³/mol. The first kappa shape index (κ1) is 32.2. The number of amides is 2. The highest BCUT2D eigenvalue weighted by Crippen LogP contribution is 2.40. The Labute approximate surface area is 268 Å². The van der Waals surface area contributed by atoms with E-state index in [2.05, 4.69) is 22.8 Å². The molecule has 0 bridgehead atoms. The lowest BCUT2D eigenvalue weighted by molar-refractivity contribution is -0.245. The van der Waals surface area contributed by atoms with Gasteiger partial charge in [-0.25, -0.2) is 0 Å². The van der Waals surface area contributed by atoms with Crippen LogP contribution in [0.15, 0.2) is 108 Å². The SMILES string of the molecule is Nc1ccccc1NC(=O)CCCCC(=O)Nc1cccc(C2OC(CSc3ccccc3)CC(c3ccc(CO)cc3)O2)c1. The Balaban J connectivity index is 1.17. The molecule has 45 heavy (non-hydrogen) atoms. The molecule has 4 aromatic carbocycles. The monoisotopic (exact) mass is 625 g/mol. The highest BCUT2D eigenvalue weighted by atomic mass is 32.2. The highest BCUT2D eigenvalue weighted by molar-refractivity contribution is 7.99. The molecule has 2 amide bonds. The van der Waals surface area contributed by atoms with E-state index in [0.717, 1.165) is 22.4 Å². The van der Waals surface area contributed by atoms with Gasteiger partial charge in [-0.05, 0) is 60.4 Å². The summed E-state index contributed by atoms with van der Waals surface area (Å²) in [5.74, 6) is 0.517. The molecule has 1 fully saturated rings. The molecule has 3 unspecified atom stereocenters. The Morgan fingerprint density at radius 2 is 1.51 bits per heavy atom. The van der Waals surface area contributed by atoms with Crippen LogP contribution in [0.2, 0.25) is 0 Å². The molecule has 5 N–H and O–H groups in total. The van der Waals surface area contributed by atoms with E-state index in [1.165, 1.54) is 4.90 Å². The lowest BCUT2D eigenvalue weighted by Crippen LogP contribution is -2.31. The number of unbranched alkanes of at least 4 members (excludes halogenated alkanes) is 1. The van der Waals surface area contributed by atoms with Crippen LogP contribution in [0.25, 0.3) is 0 Å². The van der Waals surface area contributed by atoms with Crippen molar-refractivity contribution in [3.05, 3.63) is 120 Å². The molecule has 9 heteroatoms. The normalized spacial score (nSPS) is 17.8. The molecule has 0 spiro atoms. The zero-order valence-electron chi connectivity index (χ0n) is 25.1. The second-order valence-corrected chi connectivity index (χ2v) is 12.1. The van der Waals surface area contributed by atoms with Crippen molar-refractivity contribution in [2.24, 2.45) is 0 Å². The van der Waals surface area contributed by atoms with Gasteiger partial charge in [0, 0.05) is 41.2 Å². The third-order valence-electron chi connectivity index (χ3n) is 7.53. The minimum atomic E-state index is -0.614. The molecule has 234 valence electrons. The number of benzene rings is 4. The summed E-state index contributed by atoms with van der Waals surface area (Å²) in [4.78, 5) is 26.2. The largest absolute Gasteiger partial charge is 0.397 e. The first-order chi connectivity index (χ1) is 22.0. The number of para-hydroxylation sites is 2. The molecule has 1 heterocycles. The number of hydrogen-bond donors (Lipinski definition) is 4. The average Bonchev–Trinajstić information content (AvgIpc) is 3.07. The summed E-state index contributed by atoms with van der Waals surface area (Å²) in [7, 11) is 0. The number of thioether (sulfide) groups is 1. The van der Waals surface area contributed by atoms with Crippen LogP contribution in [0, 0.1) is 0 Å². The molecule has 1 aliphatic heterocycles. The van der Waals surface area contributed by atoms with Gasteiger partial charge in [-0.15, -0.1) is 11.8 Å². The first-order valence-electron chi connectivity index (χ1n) is 15.2. The Hall–Kier alpha value is -4.15. The zero-order chi connectivity index (χ0) is 31.4. The fourth-order valence-electron chi connectivity index (χ4n) is 5.11. The van der Waals surface area contributed by atoms with Crippen molar-refractivity contribution in [1.29, 1.82) is 0 Å². The van der Waals surface area contributed by atoms with E-state index in [1.807, 2.05) is 78.9 Å². The molecule has 0 radical (unpaired) electrons. The van der Waals surface area contributed by atoms with E-state index >= 15 is 0 Å². The Kier molecular flexibility index (Phi) is 11.6. The van der Waals surface area contributed by atoms with Crippen molar-refractivity contribution < 1.29 is 24.2 Å². The zero-order valence-corrected chi connectivity index (χ0v) is 25.9. The maximum atomic E-state index is 12.7. The van der Waals surface area contributed by atoms with Crippen molar-refractivity contribution >= 4 is 40.6 Å². The topological polar surface area (TPSA) is 123 Å². The van der Waals surface area contributed by atoms with Gasteiger partial charge in [-0.3, -0.25) is 9.59 Å². The lowest BCUT2D eigenvalue weighted by atomic mass is 10.0. The second kappa shape index (κ2) is 16.2. The Bertz CT molecular complexity index is 1550. The smallest absolute Gasteiger partial charge is 0.224 e. The van der Waals surface area contributed by atoms with Gasteiger partial charge in [0.1, 0.15) is 0 Å². The fraction of sp³-hybridized carbons (Fsp3) is 0.278. The molecular weight excluding hydrogens is 586 g/mol. The summed E-state index contributed by atoms with van der Waals surface area (Å²) < 4.78 is 12.9. The van der Waals surface area contributed by atoms with Crippen molar-refractivity contribution in [2.45, 2.75) is 62.1 Å². The summed E-state index contributed by atoms with van der Waals surface area (Å²) in [5, 5.41) is 15.3. The lowest BCUT2D eigenvalue weighted by Gasteiger charge is -2.36. The number of aliphatic hydroxyl groups is 1. The van der Waals surface area contributed by atoms with E-state index in [9.17, 15) is 14.7 Å². The molecule has 0 saturated carbocycles. The molecule has 5 rings (SSSR count). The third kappa shape index (κ3) is 9.67. The van der Waals surface area contributed by atoms with Gasteiger partial charge in [0.15, 0.2) is 6.29 Å². The van der Waals surface area contributed by atoms with Crippen molar-refractivity contribution in [3.63, 3.8) is 0 Å². The van der Waals surface area contributed by atoms with E-state index in [1.54, 1.807) is 23.9 Å². The molecule has 1 aliphatic rings. The summed E-state index contributed by atoms with van der Waals surface area (Å²) in [6.45, 7) is -0.00839. The van der Waals surface area contributed by atoms with Crippen LogP contribution in [0.3, 0.4) is 0 Å². The van der Waals surface area contributed by atoms with Crippen LogP contribution in [0.5, 0.6) is 0 Å². The standard InChI is InChI=1S/C36H39N3O5S/c37-31-13-4-5-14-32(31)39-35(42)16-7-6-15-34(41)38-28-10-8-9-27(21-28)36-43-29(24-45-30-11-2-1-3-12-30)22-33(44-36)26-19-17-25(23-40)18-20-26/h1-5,8-14,17-21,29,33,36,40H,6-7,15-16,22-24,37H2,(H,38,41)(H,39,42). The number of ether oxygens (including phenoxy) is 2. The summed E-state index contributed by atoms with van der Waals surface area (Å²) in [6.07, 6.45) is 1.59. The van der Waals surface area contributed by atoms with Crippen LogP contribution in [-0.4, -0.2) is 28.8 Å². The number of carbonyl (C=O) groups excluding carboxylic acids is 2. The number of carbonyl (C=O) groups is 2. The van der Waals surface area contributed by atoms with Gasteiger partial charge in [-0.1, -0.05) is 66.7 Å². The molecule has 0 aromatic heterocycles. The van der Waals surface area contributed by atoms with E-state index < -0.39 is 6.29 Å². The van der Waals surface area contributed by atoms with E-state index in [-0.39, 0.29) is 30.6 Å². The number of rotatable bonds is 13. The van der Waals surface area contributed by atoms with Crippen LogP contribution in [0.1, 0.15) is 61.2 Å². The van der Waals surface area contributed by atoms with Gasteiger partial charge in [0.05, 0.1) is 30.2 Å². The third-order valence-corrected chi connectivity index (χ3v) is 8.67. The number of nitrogens with two attached hydrogens (primary N) is 1. The van der Waals surface area contributed by atoms with Crippen molar-refractivity contribution in [1.82, 2.24) is 0 Å². The van der Waals surface area contributed by atoms with Crippen LogP contribution >= 0.6 is 11.8 Å². The first-order valence-corrected chi connectivity index (χ1v) is 16.2. The summed E-state index contributed by atoms with van der Waals surface area (Å²) in [6, 6.07) is 32.8. The summed E-state index contributed by atoms with van der Waals surface area (Å²) in [5.41, 5.74) is 10.4. The molecule has 1 saturated heterocycles. The van der Waals surface area contributed by atoms with Crippen LogP contribution in [0.4, 0.5) is 17.1 Å². The van der Waals surface area contributed by atoms with Gasteiger partial charge in [-0.2, -0.15) is 0 Å². The van der Waals surface area contributed by atoms with Gasteiger partial charge in [0.2, 0.25) is 11.8 Å². The average molecular weight is 626 g/mol. The molecule has 0 aliphatic carbocycles. The Morgan fingerprint density at radius 1 is 0.800 bits per heavy atom. The maximum Gasteiger partial charge on any atom is 0.224 e. The second-order valence-electron chi connectivity index (χ2n) is 11.0. The fourth-order valence-corrected chi connectivity index (χ4v) is 6.05. The maximum absolute atomic E-state index is 12.7. The van der Waals surface area contributed by atoms with Gasteiger partial charge in [0.25, 0.3) is 0 Å². The molecule has 4 aromatic rings. The molecular formula is C36H39N3O5S. The van der Waals surface area contributed by atoms with Gasteiger partial charge >= 0.3 is 0 Å². The van der Waals surface area contributed by atoms with Crippen molar-refractivity contribution in [3.8, 4) is 0 Å². The van der Waals surface area contributed by atoms with Crippen LogP contribution < -0.4 is 16.4 Å². The van der Waals surface area contributed by atoms with Crippen LogP contribution in [-0.2, 0) is 25.7 Å². The van der Waals surface area contributed by atoms with Crippen molar-refractivity contribution in [2.75, 3.05) is 22.1 Å². The van der Waals surface area contributed by atoms with Gasteiger partial charge < -0.3 is 30.9 Å². The quantitative estimate of drug-likeness (QED) is 0.0702. The molecule has 3 atom stereocenters.